The normalized spacial score (nSPS) is 11.8. The van der Waals surface area contributed by atoms with Gasteiger partial charge in [-0.15, -0.1) is 14.5 Å². The van der Waals surface area contributed by atoms with Crippen molar-refractivity contribution in [3.8, 4) is 0 Å². The van der Waals surface area contributed by atoms with E-state index in [0.717, 1.165) is 4.73 Å². The number of amides is 1. The van der Waals surface area contributed by atoms with Gasteiger partial charge in [-0.25, -0.2) is 13.8 Å². The summed E-state index contributed by atoms with van der Waals surface area (Å²) in [6, 6.07) is 5.82. The smallest absolute Gasteiger partial charge is 0.388 e. The van der Waals surface area contributed by atoms with Crippen LogP contribution in [0.1, 0.15) is 19.7 Å². The van der Waals surface area contributed by atoms with Gasteiger partial charge in [-0.2, -0.15) is 9.76 Å². The lowest BCUT2D eigenvalue weighted by atomic mass is 10.3. The Morgan fingerprint density at radius 1 is 1.32 bits per heavy atom. The molecule has 2 rings (SSSR count). The number of anilines is 1. The third-order valence-electron chi connectivity index (χ3n) is 3.13. The minimum absolute atomic E-state index is 0.265. The van der Waals surface area contributed by atoms with Crippen molar-refractivity contribution in [1.29, 1.82) is 0 Å². The van der Waals surface area contributed by atoms with Gasteiger partial charge in [-0.05, 0) is 19.1 Å². The Bertz CT molecular complexity index is 831. The van der Waals surface area contributed by atoms with E-state index in [1.54, 1.807) is 31.2 Å². The van der Waals surface area contributed by atoms with Crippen LogP contribution in [0.2, 0.25) is 0 Å². The standard InChI is InChI=1S/C14H19N5O5S/c1-4-12-16-18(14(21)19(12)23-3)13(20)17-24-25(22)11-9-7-6-8-10(11)15-5-2/h6-9,15H,4-5H2,1-3H3,(H,17,20). The molecule has 136 valence electrons. The molecule has 11 heteroatoms. The van der Waals surface area contributed by atoms with Gasteiger partial charge in [0.1, 0.15) is 7.11 Å². The highest BCUT2D eigenvalue weighted by Gasteiger charge is 2.19. The van der Waals surface area contributed by atoms with Crippen molar-refractivity contribution < 1.29 is 18.1 Å². The van der Waals surface area contributed by atoms with Crippen LogP contribution in [-0.4, -0.2) is 38.4 Å². The van der Waals surface area contributed by atoms with Gasteiger partial charge in [0.15, 0.2) is 5.82 Å². The Balaban J connectivity index is 2.12. The maximum atomic E-state index is 12.2. The molecule has 0 aliphatic heterocycles. The molecule has 1 heterocycles. The summed E-state index contributed by atoms with van der Waals surface area (Å²) in [6.07, 6.45) is 0.381. The van der Waals surface area contributed by atoms with E-state index in [4.69, 9.17) is 9.12 Å². The van der Waals surface area contributed by atoms with Crippen molar-refractivity contribution in [2.75, 3.05) is 19.0 Å². The zero-order valence-electron chi connectivity index (χ0n) is 14.0. The van der Waals surface area contributed by atoms with E-state index >= 15 is 0 Å². The second kappa shape index (κ2) is 8.44. The van der Waals surface area contributed by atoms with Gasteiger partial charge >= 0.3 is 11.7 Å². The Kier molecular flexibility index (Phi) is 6.31. The molecule has 1 aromatic carbocycles. The van der Waals surface area contributed by atoms with Crippen LogP contribution in [0.15, 0.2) is 34.0 Å². The molecule has 0 spiro atoms. The summed E-state index contributed by atoms with van der Waals surface area (Å²) in [5, 5.41) is 6.87. The molecule has 0 fully saturated rings. The molecule has 0 aliphatic carbocycles. The Morgan fingerprint density at radius 3 is 2.64 bits per heavy atom. The lowest BCUT2D eigenvalue weighted by Crippen LogP contribution is -2.39. The fourth-order valence-corrected chi connectivity index (χ4v) is 2.78. The van der Waals surface area contributed by atoms with Crippen molar-refractivity contribution in [2.24, 2.45) is 0 Å². The lowest BCUT2D eigenvalue weighted by Gasteiger charge is -2.09. The molecule has 1 unspecified atom stereocenters. The summed E-state index contributed by atoms with van der Waals surface area (Å²) in [4.78, 5) is 29.3. The zero-order valence-corrected chi connectivity index (χ0v) is 14.8. The first-order valence-corrected chi connectivity index (χ1v) is 8.58. The molecule has 2 aromatic rings. The number of aryl methyl sites for hydroxylation is 1. The summed E-state index contributed by atoms with van der Waals surface area (Å²) in [5.74, 6) is 0.265. The quantitative estimate of drug-likeness (QED) is 0.675. The van der Waals surface area contributed by atoms with Gasteiger partial charge in [0.2, 0.25) is 11.1 Å². The molecule has 10 nitrogen and oxygen atoms in total. The maximum absolute atomic E-state index is 12.2. The van der Waals surface area contributed by atoms with Crippen molar-refractivity contribution in [2.45, 2.75) is 25.2 Å². The molecule has 25 heavy (non-hydrogen) atoms. The monoisotopic (exact) mass is 369 g/mol. The third-order valence-corrected chi connectivity index (χ3v) is 4.08. The zero-order chi connectivity index (χ0) is 18.4. The van der Waals surface area contributed by atoms with Gasteiger partial charge in [-0.1, -0.05) is 19.1 Å². The van der Waals surface area contributed by atoms with E-state index in [0.29, 0.717) is 28.2 Å². The Labute approximate surface area is 146 Å². The molecule has 2 N–H and O–H groups in total. The second-order valence-corrected chi connectivity index (χ2v) is 5.77. The highest BCUT2D eigenvalue weighted by Crippen LogP contribution is 2.19. The van der Waals surface area contributed by atoms with E-state index < -0.39 is 22.8 Å². The first kappa shape index (κ1) is 18.7. The summed E-state index contributed by atoms with van der Waals surface area (Å²) in [6.45, 7) is 4.28. The topological polar surface area (TPSA) is 116 Å². The van der Waals surface area contributed by atoms with E-state index in [1.165, 1.54) is 7.11 Å². The molecule has 0 radical (unpaired) electrons. The minimum Gasteiger partial charge on any atom is -0.411 e. The van der Waals surface area contributed by atoms with Gasteiger partial charge in [0, 0.05) is 13.0 Å². The number of rotatable bonds is 7. The van der Waals surface area contributed by atoms with E-state index in [1.807, 2.05) is 12.4 Å². The fraction of sp³-hybridized carbons (Fsp3) is 0.357. The van der Waals surface area contributed by atoms with Crippen LogP contribution >= 0.6 is 0 Å². The molecular formula is C14H19N5O5S. The highest BCUT2D eigenvalue weighted by atomic mass is 32.2. The summed E-state index contributed by atoms with van der Waals surface area (Å²) in [5.41, 5.74) is 1.79. The van der Waals surface area contributed by atoms with Crippen molar-refractivity contribution >= 4 is 22.8 Å². The number of benzene rings is 1. The predicted octanol–water partition coefficient (Wildman–Crippen LogP) is 0.309. The van der Waals surface area contributed by atoms with Crippen LogP contribution in [0, 0.1) is 0 Å². The number of hydrogen-bond acceptors (Lipinski definition) is 7. The van der Waals surface area contributed by atoms with Crippen molar-refractivity contribution in [3.05, 3.63) is 40.6 Å². The molecule has 0 aliphatic rings. The first-order valence-electron chi connectivity index (χ1n) is 7.51. The summed E-state index contributed by atoms with van der Waals surface area (Å²) < 4.78 is 18.6. The van der Waals surface area contributed by atoms with Crippen LogP contribution in [0.4, 0.5) is 10.5 Å². The van der Waals surface area contributed by atoms with Crippen LogP contribution in [0.5, 0.6) is 0 Å². The van der Waals surface area contributed by atoms with Crippen molar-refractivity contribution in [3.63, 3.8) is 0 Å². The Hall–Kier alpha value is -2.66. The number of nitrogens with one attached hydrogen (secondary N) is 2. The highest BCUT2D eigenvalue weighted by molar-refractivity contribution is 7.80. The number of aromatic nitrogens is 3. The van der Waals surface area contributed by atoms with Crippen molar-refractivity contribution in [1.82, 2.24) is 20.0 Å². The molecule has 0 bridgehead atoms. The number of carbonyl (C=O) groups is 1. The predicted molar refractivity (Wildman–Crippen MR) is 90.4 cm³/mol. The third kappa shape index (κ3) is 4.06. The van der Waals surface area contributed by atoms with Gasteiger partial charge in [0.05, 0.1) is 10.6 Å². The van der Waals surface area contributed by atoms with E-state index in [9.17, 15) is 13.8 Å². The molecular weight excluding hydrogens is 350 g/mol. The average molecular weight is 369 g/mol. The molecule has 1 aromatic heterocycles. The van der Waals surface area contributed by atoms with Gasteiger partial charge in [0.25, 0.3) is 0 Å². The average Bonchev–Trinajstić information content (AvgIpc) is 2.95. The second-order valence-electron chi connectivity index (χ2n) is 4.69. The van der Waals surface area contributed by atoms with Gasteiger partial charge in [-0.3, -0.25) is 0 Å². The maximum Gasteiger partial charge on any atom is 0.388 e. The molecule has 0 saturated heterocycles. The number of nitrogens with zero attached hydrogens (tertiary/aromatic N) is 3. The van der Waals surface area contributed by atoms with Crippen LogP contribution in [0.25, 0.3) is 0 Å². The molecule has 0 saturated carbocycles. The van der Waals surface area contributed by atoms with Gasteiger partial charge < -0.3 is 10.2 Å². The lowest BCUT2D eigenvalue weighted by molar-refractivity contribution is 0.146. The van der Waals surface area contributed by atoms with Crippen LogP contribution in [0.3, 0.4) is 0 Å². The van der Waals surface area contributed by atoms with E-state index in [2.05, 4.69) is 10.4 Å². The summed E-state index contributed by atoms with van der Waals surface area (Å²) >= 11 is -1.98. The molecule has 1 atom stereocenters. The number of hydrogen-bond donors (Lipinski definition) is 2. The molecule has 1 amide bonds. The number of para-hydroxylation sites is 1. The summed E-state index contributed by atoms with van der Waals surface area (Å²) in [7, 11) is 1.29. The number of carbonyl (C=O) groups excluding carboxylic acids is 1. The fourth-order valence-electron chi connectivity index (χ4n) is 2.04. The number of hydroxylamine groups is 1. The first-order chi connectivity index (χ1) is 12.0. The van der Waals surface area contributed by atoms with Crippen LogP contribution < -0.4 is 21.3 Å². The minimum atomic E-state index is -1.98. The Morgan fingerprint density at radius 2 is 2.04 bits per heavy atom. The SMILES string of the molecule is CCNc1ccccc1S(=O)ONC(=O)n1nc(CC)n(OC)c1=O. The largest absolute Gasteiger partial charge is 0.411 e. The van der Waals surface area contributed by atoms with Crippen LogP contribution in [-0.2, 0) is 21.8 Å². The van der Waals surface area contributed by atoms with E-state index in [-0.39, 0.29) is 5.82 Å².